The van der Waals surface area contributed by atoms with E-state index >= 15 is 0 Å². The van der Waals surface area contributed by atoms with Crippen LogP contribution in [0.4, 0.5) is 11.4 Å². The van der Waals surface area contributed by atoms with Gasteiger partial charge in [-0.05, 0) is 35.4 Å². The van der Waals surface area contributed by atoms with Crippen molar-refractivity contribution in [3.05, 3.63) is 89.7 Å². The molecule has 0 saturated carbocycles. The SMILES string of the molecule is O=C(CC1c2ccccc2Nc2ccccc21)c1ccncc1. The highest BCUT2D eigenvalue weighted by Crippen LogP contribution is 2.43. The number of carbonyl (C=O) groups is 1. The lowest BCUT2D eigenvalue weighted by molar-refractivity contribution is 0.0977. The van der Waals surface area contributed by atoms with Crippen molar-refractivity contribution in [1.29, 1.82) is 0 Å². The third-order valence-corrected chi connectivity index (χ3v) is 4.33. The number of fused-ring (bicyclic) bond motifs is 2. The van der Waals surface area contributed by atoms with Gasteiger partial charge in [0.2, 0.25) is 0 Å². The van der Waals surface area contributed by atoms with Crippen molar-refractivity contribution >= 4 is 17.2 Å². The first kappa shape index (κ1) is 13.7. The van der Waals surface area contributed by atoms with Gasteiger partial charge in [0.05, 0.1) is 0 Å². The third-order valence-electron chi connectivity index (χ3n) is 4.33. The molecule has 112 valence electrons. The molecule has 0 unspecified atom stereocenters. The molecule has 1 N–H and O–H groups in total. The quantitative estimate of drug-likeness (QED) is 0.722. The second-order valence-electron chi connectivity index (χ2n) is 5.72. The molecule has 0 radical (unpaired) electrons. The molecule has 0 atom stereocenters. The largest absolute Gasteiger partial charge is 0.355 e. The summed E-state index contributed by atoms with van der Waals surface area (Å²) in [6.07, 6.45) is 3.79. The van der Waals surface area contributed by atoms with Gasteiger partial charge in [0, 0.05) is 41.7 Å². The van der Waals surface area contributed by atoms with Crippen LogP contribution in [0, 0.1) is 0 Å². The molecule has 3 nitrogen and oxygen atoms in total. The molecule has 0 fully saturated rings. The predicted molar refractivity (Wildman–Crippen MR) is 91.2 cm³/mol. The molecular formula is C20H16N2O. The fourth-order valence-electron chi connectivity index (χ4n) is 3.20. The number of para-hydroxylation sites is 2. The van der Waals surface area contributed by atoms with E-state index in [-0.39, 0.29) is 11.7 Å². The summed E-state index contributed by atoms with van der Waals surface area (Å²) in [6.45, 7) is 0. The Labute approximate surface area is 135 Å². The van der Waals surface area contributed by atoms with E-state index in [1.165, 1.54) is 11.1 Å². The minimum absolute atomic E-state index is 0.0734. The molecule has 0 saturated heterocycles. The Kier molecular flexibility index (Phi) is 3.39. The number of pyridine rings is 1. The van der Waals surface area contributed by atoms with Crippen molar-refractivity contribution in [3.63, 3.8) is 0 Å². The molecule has 0 spiro atoms. The van der Waals surface area contributed by atoms with E-state index in [0.717, 1.165) is 11.4 Å². The summed E-state index contributed by atoms with van der Waals surface area (Å²) in [4.78, 5) is 16.7. The molecule has 3 heteroatoms. The number of hydrogen-bond acceptors (Lipinski definition) is 3. The predicted octanol–water partition coefficient (Wildman–Crippen LogP) is 4.54. The van der Waals surface area contributed by atoms with Crippen LogP contribution >= 0.6 is 0 Å². The zero-order valence-corrected chi connectivity index (χ0v) is 12.6. The second-order valence-corrected chi connectivity index (χ2v) is 5.72. The zero-order chi connectivity index (χ0) is 15.6. The van der Waals surface area contributed by atoms with Crippen molar-refractivity contribution in [2.24, 2.45) is 0 Å². The van der Waals surface area contributed by atoms with E-state index in [4.69, 9.17) is 0 Å². The number of nitrogens with one attached hydrogen (secondary N) is 1. The van der Waals surface area contributed by atoms with Gasteiger partial charge in [0.15, 0.2) is 5.78 Å². The van der Waals surface area contributed by atoms with Crippen molar-refractivity contribution in [2.45, 2.75) is 12.3 Å². The lowest BCUT2D eigenvalue weighted by Gasteiger charge is -2.29. The second kappa shape index (κ2) is 5.69. The van der Waals surface area contributed by atoms with Crippen LogP contribution in [0.15, 0.2) is 73.1 Å². The van der Waals surface area contributed by atoms with Crippen molar-refractivity contribution in [3.8, 4) is 0 Å². The van der Waals surface area contributed by atoms with Crippen LogP contribution in [0.2, 0.25) is 0 Å². The Morgan fingerprint density at radius 2 is 1.43 bits per heavy atom. The number of carbonyl (C=O) groups excluding carboxylic acids is 1. The van der Waals surface area contributed by atoms with E-state index in [1.54, 1.807) is 24.5 Å². The monoisotopic (exact) mass is 300 g/mol. The summed E-state index contributed by atoms with van der Waals surface area (Å²) in [7, 11) is 0. The lowest BCUT2D eigenvalue weighted by Crippen LogP contribution is -2.16. The average molecular weight is 300 g/mol. The zero-order valence-electron chi connectivity index (χ0n) is 12.6. The van der Waals surface area contributed by atoms with Gasteiger partial charge in [-0.25, -0.2) is 0 Å². The smallest absolute Gasteiger partial charge is 0.163 e. The first-order valence-electron chi connectivity index (χ1n) is 7.71. The summed E-state index contributed by atoms with van der Waals surface area (Å²) in [6, 6.07) is 20.0. The molecule has 2 heterocycles. The molecular weight excluding hydrogens is 284 g/mol. The van der Waals surface area contributed by atoms with Gasteiger partial charge in [-0.3, -0.25) is 9.78 Å². The molecule has 23 heavy (non-hydrogen) atoms. The molecule has 4 rings (SSSR count). The third kappa shape index (κ3) is 2.50. The van der Waals surface area contributed by atoms with Crippen molar-refractivity contribution < 1.29 is 4.79 Å². The Bertz CT molecular complexity index is 813. The van der Waals surface area contributed by atoms with E-state index < -0.39 is 0 Å². The van der Waals surface area contributed by atoms with Crippen LogP contribution in [0.3, 0.4) is 0 Å². The standard InChI is InChI=1S/C20H16N2O/c23-20(14-9-11-21-12-10-14)13-17-15-5-1-3-7-18(15)22-19-8-4-2-6-16(17)19/h1-12,17,22H,13H2. The highest BCUT2D eigenvalue weighted by molar-refractivity contribution is 5.97. The summed E-state index contributed by atoms with van der Waals surface area (Å²) in [5.41, 5.74) is 5.23. The summed E-state index contributed by atoms with van der Waals surface area (Å²) >= 11 is 0. The number of anilines is 2. The lowest BCUT2D eigenvalue weighted by atomic mass is 9.82. The fraction of sp³-hybridized carbons (Fsp3) is 0.100. The van der Waals surface area contributed by atoms with Crippen molar-refractivity contribution in [1.82, 2.24) is 4.98 Å². The van der Waals surface area contributed by atoms with Gasteiger partial charge >= 0.3 is 0 Å². The van der Waals surface area contributed by atoms with Crippen LogP contribution in [-0.2, 0) is 0 Å². The Balaban J connectivity index is 1.74. The van der Waals surface area contributed by atoms with E-state index in [0.29, 0.717) is 12.0 Å². The van der Waals surface area contributed by atoms with Crippen LogP contribution in [0.5, 0.6) is 0 Å². The van der Waals surface area contributed by atoms with Crippen LogP contribution < -0.4 is 5.32 Å². The van der Waals surface area contributed by atoms with Crippen molar-refractivity contribution in [2.75, 3.05) is 5.32 Å². The number of benzene rings is 2. The molecule has 1 aromatic heterocycles. The number of nitrogens with zero attached hydrogens (tertiary/aromatic N) is 1. The molecule has 0 bridgehead atoms. The normalized spacial score (nSPS) is 12.9. The van der Waals surface area contributed by atoms with Crippen LogP contribution in [-0.4, -0.2) is 10.8 Å². The average Bonchev–Trinajstić information content (AvgIpc) is 2.62. The topological polar surface area (TPSA) is 42.0 Å². The minimum atomic E-state index is 0.0734. The minimum Gasteiger partial charge on any atom is -0.355 e. The highest BCUT2D eigenvalue weighted by atomic mass is 16.1. The summed E-state index contributed by atoms with van der Waals surface area (Å²) in [5, 5.41) is 3.46. The van der Waals surface area contributed by atoms with Gasteiger partial charge < -0.3 is 5.32 Å². The molecule has 1 aliphatic heterocycles. The number of rotatable bonds is 3. The highest BCUT2D eigenvalue weighted by Gasteiger charge is 2.27. The van der Waals surface area contributed by atoms with Gasteiger partial charge in [0.25, 0.3) is 0 Å². The maximum Gasteiger partial charge on any atom is 0.163 e. The maximum absolute atomic E-state index is 12.7. The van der Waals surface area contributed by atoms with Crippen LogP contribution in [0.25, 0.3) is 0 Å². The molecule has 2 aromatic carbocycles. The molecule has 0 aliphatic carbocycles. The maximum atomic E-state index is 12.7. The number of hydrogen-bond donors (Lipinski definition) is 1. The Morgan fingerprint density at radius 3 is 2.04 bits per heavy atom. The van der Waals surface area contributed by atoms with Gasteiger partial charge in [-0.15, -0.1) is 0 Å². The van der Waals surface area contributed by atoms with Crippen LogP contribution in [0.1, 0.15) is 33.8 Å². The summed E-state index contributed by atoms with van der Waals surface area (Å²) in [5.74, 6) is 0.216. The summed E-state index contributed by atoms with van der Waals surface area (Å²) < 4.78 is 0. The van der Waals surface area contributed by atoms with Gasteiger partial charge in [0.1, 0.15) is 0 Å². The van der Waals surface area contributed by atoms with E-state index in [2.05, 4.69) is 34.6 Å². The van der Waals surface area contributed by atoms with Gasteiger partial charge in [-0.2, -0.15) is 0 Å². The Hall–Kier alpha value is -2.94. The van der Waals surface area contributed by atoms with Gasteiger partial charge in [-0.1, -0.05) is 36.4 Å². The first-order valence-corrected chi connectivity index (χ1v) is 7.71. The Morgan fingerprint density at radius 1 is 0.870 bits per heavy atom. The number of aromatic nitrogens is 1. The number of Topliss-reactive ketones (excluding diaryl/α,β-unsaturated/α-hetero) is 1. The molecule has 0 amide bonds. The molecule has 1 aliphatic rings. The molecule has 3 aromatic rings. The fourth-order valence-corrected chi connectivity index (χ4v) is 3.20. The van der Waals surface area contributed by atoms with E-state index in [9.17, 15) is 4.79 Å². The van der Waals surface area contributed by atoms with E-state index in [1.807, 2.05) is 24.3 Å². The number of ketones is 1. The first-order chi connectivity index (χ1) is 11.3.